The van der Waals surface area contributed by atoms with Gasteiger partial charge >= 0.3 is 17.9 Å². The zero-order chi connectivity index (χ0) is 47.2. The molecule has 0 aliphatic rings. The normalized spacial score (nSPS) is 12.8. The average molecular weight is 903 g/mol. The van der Waals surface area contributed by atoms with E-state index in [0.29, 0.717) is 19.3 Å². The summed E-state index contributed by atoms with van der Waals surface area (Å²) in [6.07, 6.45) is 69.8. The molecule has 0 saturated heterocycles. The van der Waals surface area contributed by atoms with E-state index in [9.17, 15) is 14.4 Å². The number of hydrogen-bond donors (Lipinski definition) is 0. The smallest absolute Gasteiger partial charge is 0.306 e. The monoisotopic (exact) mass is 903 g/mol. The van der Waals surface area contributed by atoms with Crippen molar-refractivity contribution in [3.63, 3.8) is 0 Å². The van der Waals surface area contributed by atoms with Gasteiger partial charge in [-0.25, -0.2) is 0 Å². The first-order valence-electron chi connectivity index (χ1n) is 26.7. The maximum Gasteiger partial charge on any atom is 0.306 e. The summed E-state index contributed by atoms with van der Waals surface area (Å²) in [5.41, 5.74) is 0. The SMILES string of the molecule is CC/C=C\C/C=C\C/C=C\C/C=C\C/C=C\C/C=C\C/C=C\C/C=C\CCCCC(=O)OCC(COC(=O)CCCCCCCCCC)OC(=O)CCCCCCCCCCCCCC. The summed E-state index contributed by atoms with van der Waals surface area (Å²) in [4.78, 5) is 37.8. The summed E-state index contributed by atoms with van der Waals surface area (Å²) in [6.45, 7) is 6.45. The van der Waals surface area contributed by atoms with Crippen LogP contribution in [0.25, 0.3) is 0 Å². The fourth-order valence-electron chi connectivity index (χ4n) is 7.10. The van der Waals surface area contributed by atoms with Gasteiger partial charge in [0, 0.05) is 19.3 Å². The van der Waals surface area contributed by atoms with Crippen molar-refractivity contribution in [2.45, 2.75) is 245 Å². The lowest BCUT2D eigenvalue weighted by atomic mass is 10.0. The molecule has 0 aromatic heterocycles. The molecule has 0 saturated carbocycles. The minimum Gasteiger partial charge on any atom is -0.462 e. The number of hydrogen-bond acceptors (Lipinski definition) is 6. The third kappa shape index (κ3) is 51.2. The molecule has 6 nitrogen and oxygen atoms in total. The van der Waals surface area contributed by atoms with Crippen molar-refractivity contribution in [2.75, 3.05) is 13.2 Å². The van der Waals surface area contributed by atoms with Gasteiger partial charge in [0.15, 0.2) is 6.10 Å². The molecule has 0 aliphatic heterocycles. The summed E-state index contributed by atoms with van der Waals surface area (Å²) in [5, 5.41) is 0. The van der Waals surface area contributed by atoms with Crippen LogP contribution in [0.2, 0.25) is 0 Å². The lowest BCUT2D eigenvalue weighted by molar-refractivity contribution is -0.167. The summed E-state index contributed by atoms with van der Waals surface area (Å²) in [5.74, 6) is -0.941. The van der Waals surface area contributed by atoms with Crippen molar-refractivity contribution in [3.8, 4) is 0 Å². The third-order valence-electron chi connectivity index (χ3n) is 11.1. The minimum absolute atomic E-state index is 0.0893. The number of carbonyl (C=O) groups excluding carboxylic acids is 3. The molecule has 65 heavy (non-hydrogen) atoms. The average Bonchev–Trinajstić information content (AvgIpc) is 3.30. The second kappa shape index (κ2) is 52.9. The van der Waals surface area contributed by atoms with E-state index < -0.39 is 6.10 Å². The molecule has 0 aromatic carbocycles. The van der Waals surface area contributed by atoms with Gasteiger partial charge in [-0.3, -0.25) is 14.4 Å². The third-order valence-corrected chi connectivity index (χ3v) is 11.1. The Bertz CT molecular complexity index is 1310. The molecule has 0 fully saturated rings. The van der Waals surface area contributed by atoms with Gasteiger partial charge in [-0.15, -0.1) is 0 Å². The number of unbranched alkanes of at least 4 members (excludes halogenated alkanes) is 20. The lowest BCUT2D eigenvalue weighted by Crippen LogP contribution is -2.30. The standard InChI is InChI=1S/C59H98O6/c1-4-7-10-13-16-19-21-23-24-25-26-27-28-29-30-31-32-33-34-35-36-37-39-40-43-46-49-52-58(61)64-55-56(54-63-57(60)51-48-45-42-18-15-12-9-6-3)65-59(62)53-50-47-44-41-38-22-20-17-14-11-8-5-2/h7,10,16,19,23-24,26-27,29-30,32-33,35-36,39-40,56H,4-6,8-9,11-15,17-18,20-22,25,28,31,34,37-38,41-55H2,1-3H3/b10-7-,19-16-,24-23-,27-26-,30-29-,33-32-,36-35-,40-39-. The summed E-state index contributed by atoms with van der Waals surface area (Å²) in [7, 11) is 0. The van der Waals surface area contributed by atoms with Crippen LogP contribution in [0.5, 0.6) is 0 Å². The highest BCUT2D eigenvalue weighted by atomic mass is 16.6. The maximum absolute atomic E-state index is 12.7. The van der Waals surface area contributed by atoms with Crippen molar-refractivity contribution in [2.24, 2.45) is 0 Å². The van der Waals surface area contributed by atoms with Gasteiger partial charge in [-0.2, -0.15) is 0 Å². The molecule has 1 unspecified atom stereocenters. The second-order valence-corrected chi connectivity index (χ2v) is 17.4. The van der Waals surface area contributed by atoms with Crippen LogP contribution in [-0.4, -0.2) is 37.2 Å². The van der Waals surface area contributed by atoms with E-state index in [0.717, 1.165) is 109 Å². The predicted octanol–water partition coefficient (Wildman–Crippen LogP) is 17.8. The Balaban J connectivity index is 4.31. The first-order chi connectivity index (χ1) is 32.0. The molecular weight excluding hydrogens is 805 g/mol. The van der Waals surface area contributed by atoms with E-state index in [1.165, 1.54) is 89.9 Å². The Morgan fingerprint density at radius 1 is 0.323 bits per heavy atom. The molecule has 370 valence electrons. The molecule has 0 spiro atoms. The number of ether oxygens (including phenoxy) is 3. The fraction of sp³-hybridized carbons (Fsp3) is 0.678. The van der Waals surface area contributed by atoms with Crippen LogP contribution in [-0.2, 0) is 28.6 Å². The van der Waals surface area contributed by atoms with Crippen LogP contribution in [0, 0.1) is 0 Å². The maximum atomic E-state index is 12.7. The molecule has 0 radical (unpaired) electrons. The van der Waals surface area contributed by atoms with Crippen LogP contribution in [0.4, 0.5) is 0 Å². The molecule has 0 bridgehead atoms. The van der Waals surface area contributed by atoms with Crippen molar-refractivity contribution < 1.29 is 28.6 Å². The van der Waals surface area contributed by atoms with Gasteiger partial charge in [0.2, 0.25) is 0 Å². The summed E-state index contributed by atoms with van der Waals surface area (Å²) in [6, 6.07) is 0. The first-order valence-corrected chi connectivity index (χ1v) is 26.7. The predicted molar refractivity (Wildman–Crippen MR) is 279 cm³/mol. The van der Waals surface area contributed by atoms with Crippen LogP contribution in [0.3, 0.4) is 0 Å². The van der Waals surface area contributed by atoms with Gasteiger partial charge in [0.1, 0.15) is 13.2 Å². The van der Waals surface area contributed by atoms with E-state index in [1.54, 1.807) is 0 Å². The number of allylic oxidation sites excluding steroid dienone is 16. The quantitative estimate of drug-likeness (QED) is 0.0262. The highest BCUT2D eigenvalue weighted by Gasteiger charge is 2.19. The van der Waals surface area contributed by atoms with Crippen molar-refractivity contribution >= 4 is 17.9 Å². The fourth-order valence-corrected chi connectivity index (χ4v) is 7.10. The van der Waals surface area contributed by atoms with E-state index in [4.69, 9.17) is 14.2 Å². The van der Waals surface area contributed by atoms with Gasteiger partial charge in [0.25, 0.3) is 0 Å². The van der Waals surface area contributed by atoms with Crippen LogP contribution >= 0.6 is 0 Å². The van der Waals surface area contributed by atoms with Crippen LogP contribution in [0.15, 0.2) is 97.2 Å². The first kappa shape index (κ1) is 61.3. The lowest BCUT2D eigenvalue weighted by Gasteiger charge is -2.18. The van der Waals surface area contributed by atoms with Crippen LogP contribution in [0.1, 0.15) is 239 Å². The molecule has 0 rings (SSSR count). The summed E-state index contributed by atoms with van der Waals surface area (Å²) < 4.78 is 16.7. The van der Waals surface area contributed by atoms with Crippen LogP contribution < -0.4 is 0 Å². The van der Waals surface area contributed by atoms with E-state index >= 15 is 0 Å². The molecule has 0 heterocycles. The largest absolute Gasteiger partial charge is 0.462 e. The van der Waals surface area contributed by atoms with Crippen molar-refractivity contribution in [1.82, 2.24) is 0 Å². The Morgan fingerprint density at radius 2 is 0.600 bits per heavy atom. The molecule has 0 amide bonds. The molecule has 0 aliphatic carbocycles. The Hall–Kier alpha value is -3.67. The molecule has 1 atom stereocenters. The second-order valence-electron chi connectivity index (χ2n) is 17.4. The number of esters is 3. The molecule has 0 N–H and O–H groups in total. The highest BCUT2D eigenvalue weighted by molar-refractivity contribution is 5.71. The summed E-state index contributed by atoms with van der Waals surface area (Å²) >= 11 is 0. The van der Waals surface area contributed by atoms with E-state index in [-0.39, 0.29) is 31.1 Å². The van der Waals surface area contributed by atoms with Gasteiger partial charge in [0.05, 0.1) is 0 Å². The molecule has 0 aromatic rings. The van der Waals surface area contributed by atoms with Crippen molar-refractivity contribution in [1.29, 1.82) is 0 Å². The Labute approximate surface area is 400 Å². The zero-order valence-corrected chi connectivity index (χ0v) is 42.2. The van der Waals surface area contributed by atoms with Gasteiger partial charge in [-0.1, -0.05) is 234 Å². The number of carbonyl (C=O) groups is 3. The highest BCUT2D eigenvalue weighted by Crippen LogP contribution is 2.14. The Kier molecular flexibility index (Phi) is 50.0. The van der Waals surface area contributed by atoms with Gasteiger partial charge < -0.3 is 14.2 Å². The zero-order valence-electron chi connectivity index (χ0n) is 42.2. The molecule has 6 heteroatoms. The van der Waals surface area contributed by atoms with Gasteiger partial charge in [-0.05, 0) is 83.5 Å². The topological polar surface area (TPSA) is 78.9 Å². The van der Waals surface area contributed by atoms with Crippen molar-refractivity contribution in [3.05, 3.63) is 97.2 Å². The van der Waals surface area contributed by atoms with E-state index in [1.807, 2.05) is 0 Å². The minimum atomic E-state index is -0.790. The Morgan fingerprint density at radius 3 is 0.938 bits per heavy atom. The van der Waals surface area contributed by atoms with E-state index in [2.05, 4.69) is 118 Å². The molecular formula is C59H98O6. The number of rotatable bonds is 47.